The molecule has 0 amide bonds. The second-order valence-corrected chi connectivity index (χ2v) is 7.30. The van der Waals surface area contributed by atoms with E-state index in [1.807, 2.05) is 42.5 Å². The van der Waals surface area contributed by atoms with Gasteiger partial charge in [-0.15, -0.1) is 0 Å². The summed E-state index contributed by atoms with van der Waals surface area (Å²) in [6, 6.07) is 20.0. The number of nitrogen functional groups attached to an aromatic ring is 1. The largest absolute Gasteiger partial charge is 0.496 e. The zero-order valence-corrected chi connectivity index (χ0v) is 18.0. The third-order valence-electron chi connectivity index (χ3n) is 5.23. The predicted molar refractivity (Wildman–Crippen MR) is 127 cm³/mol. The van der Waals surface area contributed by atoms with Gasteiger partial charge in [-0.1, -0.05) is 24.3 Å². The van der Waals surface area contributed by atoms with Crippen molar-refractivity contribution in [2.24, 2.45) is 0 Å². The fraction of sp³-hybridized carbons (Fsp3) is 0.160. The second-order valence-electron chi connectivity index (χ2n) is 7.30. The summed E-state index contributed by atoms with van der Waals surface area (Å²) in [4.78, 5) is 4.66. The number of aromatic nitrogens is 1. The molecule has 3 aromatic carbocycles. The van der Waals surface area contributed by atoms with Crippen molar-refractivity contribution in [1.29, 1.82) is 0 Å². The van der Waals surface area contributed by atoms with Crippen LogP contribution in [0.2, 0.25) is 0 Å². The van der Waals surface area contributed by atoms with Crippen LogP contribution in [0.3, 0.4) is 0 Å². The van der Waals surface area contributed by atoms with Gasteiger partial charge in [-0.3, -0.25) is 0 Å². The number of fused-ring (bicyclic) bond motifs is 1. The molecular weight excluding hydrogens is 407 g/mol. The number of anilines is 3. The van der Waals surface area contributed by atoms with Crippen molar-refractivity contribution in [2.45, 2.75) is 13.1 Å². The molecule has 0 radical (unpaired) electrons. The molecule has 6 nitrogen and oxygen atoms in total. The van der Waals surface area contributed by atoms with Crippen LogP contribution in [0.5, 0.6) is 11.5 Å². The molecule has 164 valence electrons. The lowest BCUT2D eigenvalue weighted by molar-refractivity contribution is 0.406. The summed E-state index contributed by atoms with van der Waals surface area (Å²) >= 11 is 0. The van der Waals surface area contributed by atoms with Gasteiger partial charge in [-0.05, 0) is 30.3 Å². The molecule has 0 saturated heterocycles. The molecule has 0 atom stereocenters. The number of nitrogens with zero attached hydrogens (tertiary/aromatic N) is 1. The predicted octanol–water partition coefficient (Wildman–Crippen LogP) is 5.20. The minimum Gasteiger partial charge on any atom is -0.496 e. The van der Waals surface area contributed by atoms with E-state index in [2.05, 4.69) is 15.6 Å². The number of ether oxygens (including phenoxy) is 2. The molecule has 1 aromatic heterocycles. The Bertz CT molecular complexity index is 1250. The molecule has 0 fully saturated rings. The Morgan fingerprint density at radius 1 is 0.844 bits per heavy atom. The summed E-state index contributed by atoms with van der Waals surface area (Å²) in [5.74, 6) is 1.62. The van der Waals surface area contributed by atoms with Crippen molar-refractivity contribution in [3.8, 4) is 11.5 Å². The van der Waals surface area contributed by atoms with Gasteiger partial charge >= 0.3 is 0 Å². The van der Waals surface area contributed by atoms with Crippen LogP contribution in [0.1, 0.15) is 11.1 Å². The van der Waals surface area contributed by atoms with Crippen LogP contribution in [0.15, 0.2) is 66.7 Å². The van der Waals surface area contributed by atoms with Gasteiger partial charge in [0.25, 0.3) is 0 Å². The average molecular weight is 432 g/mol. The Morgan fingerprint density at radius 3 is 2.41 bits per heavy atom. The van der Waals surface area contributed by atoms with E-state index in [-0.39, 0.29) is 5.82 Å². The summed E-state index contributed by atoms with van der Waals surface area (Å²) < 4.78 is 24.1. The van der Waals surface area contributed by atoms with Crippen LogP contribution in [-0.2, 0) is 13.1 Å². The van der Waals surface area contributed by atoms with Gasteiger partial charge in [0.1, 0.15) is 23.1 Å². The number of hydrogen-bond donors (Lipinski definition) is 3. The first-order valence-corrected chi connectivity index (χ1v) is 10.2. The monoisotopic (exact) mass is 432 g/mol. The molecule has 0 aliphatic rings. The number of hydrogen-bond acceptors (Lipinski definition) is 6. The molecule has 0 saturated carbocycles. The zero-order chi connectivity index (χ0) is 22.5. The molecule has 4 aromatic rings. The highest BCUT2D eigenvalue weighted by molar-refractivity contribution is 5.94. The standard InChI is InChI=1S/C25H25FN4O2/c1-31-23-6-4-3-5-16(23)14-28-19-9-10-22-20(12-19)21(27)13-25(30-22)29-15-17-7-8-18(26)11-24(17)32-2/h3-13,28H,14-15H2,1-2H3,(H3,27,29,30). The lowest BCUT2D eigenvalue weighted by Crippen LogP contribution is -2.05. The number of benzene rings is 3. The number of rotatable bonds is 8. The smallest absolute Gasteiger partial charge is 0.128 e. The third kappa shape index (κ3) is 4.67. The van der Waals surface area contributed by atoms with Crippen molar-refractivity contribution >= 4 is 28.1 Å². The minimum atomic E-state index is -0.339. The Kier molecular flexibility index (Phi) is 6.26. The maximum absolute atomic E-state index is 13.4. The van der Waals surface area contributed by atoms with Crippen LogP contribution in [-0.4, -0.2) is 19.2 Å². The van der Waals surface area contributed by atoms with Gasteiger partial charge in [0.15, 0.2) is 0 Å². The second kappa shape index (κ2) is 9.43. The van der Waals surface area contributed by atoms with E-state index in [0.29, 0.717) is 30.3 Å². The van der Waals surface area contributed by atoms with Gasteiger partial charge < -0.3 is 25.8 Å². The van der Waals surface area contributed by atoms with Gasteiger partial charge in [0.05, 0.1) is 19.7 Å². The van der Waals surface area contributed by atoms with E-state index in [1.54, 1.807) is 19.2 Å². The van der Waals surface area contributed by atoms with Crippen LogP contribution in [0.4, 0.5) is 21.6 Å². The lowest BCUT2D eigenvalue weighted by atomic mass is 10.1. The van der Waals surface area contributed by atoms with Crippen molar-refractivity contribution in [1.82, 2.24) is 4.98 Å². The van der Waals surface area contributed by atoms with Gasteiger partial charge in [0.2, 0.25) is 0 Å². The van der Waals surface area contributed by atoms with E-state index in [0.717, 1.165) is 33.5 Å². The lowest BCUT2D eigenvalue weighted by Gasteiger charge is -2.13. The fourth-order valence-corrected chi connectivity index (χ4v) is 3.55. The molecule has 32 heavy (non-hydrogen) atoms. The highest BCUT2D eigenvalue weighted by atomic mass is 19.1. The van der Waals surface area contributed by atoms with E-state index in [9.17, 15) is 4.39 Å². The van der Waals surface area contributed by atoms with Gasteiger partial charge in [-0.2, -0.15) is 0 Å². The first kappa shape index (κ1) is 21.2. The zero-order valence-electron chi connectivity index (χ0n) is 18.0. The molecule has 4 rings (SSSR count). The summed E-state index contributed by atoms with van der Waals surface area (Å²) in [5.41, 5.74) is 10.5. The van der Waals surface area contributed by atoms with Crippen LogP contribution in [0.25, 0.3) is 10.9 Å². The van der Waals surface area contributed by atoms with Crippen molar-refractivity contribution in [2.75, 3.05) is 30.6 Å². The summed E-state index contributed by atoms with van der Waals surface area (Å²) in [6.07, 6.45) is 0. The molecular formula is C25H25FN4O2. The fourth-order valence-electron chi connectivity index (χ4n) is 3.55. The first-order valence-electron chi connectivity index (χ1n) is 10.2. The number of para-hydroxylation sites is 1. The third-order valence-corrected chi connectivity index (χ3v) is 5.23. The van der Waals surface area contributed by atoms with E-state index >= 15 is 0 Å². The maximum Gasteiger partial charge on any atom is 0.128 e. The van der Waals surface area contributed by atoms with Crippen LogP contribution in [0, 0.1) is 5.82 Å². The summed E-state index contributed by atoms with van der Waals surface area (Å²) in [7, 11) is 3.18. The average Bonchev–Trinajstić information content (AvgIpc) is 2.82. The van der Waals surface area contributed by atoms with Gasteiger partial charge in [-0.25, -0.2) is 9.37 Å². The van der Waals surface area contributed by atoms with Crippen molar-refractivity contribution in [3.05, 3.63) is 83.7 Å². The van der Waals surface area contributed by atoms with E-state index < -0.39 is 0 Å². The maximum atomic E-state index is 13.4. The molecule has 0 aliphatic carbocycles. The van der Waals surface area contributed by atoms with Crippen molar-refractivity contribution in [3.63, 3.8) is 0 Å². The Morgan fingerprint density at radius 2 is 1.59 bits per heavy atom. The van der Waals surface area contributed by atoms with Crippen LogP contribution < -0.4 is 25.8 Å². The summed E-state index contributed by atoms with van der Waals surface area (Å²) in [5, 5.41) is 7.51. The number of halogens is 1. The van der Waals surface area contributed by atoms with E-state index in [4.69, 9.17) is 15.2 Å². The highest BCUT2D eigenvalue weighted by Gasteiger charge is 2.08. The van der Waals surface area contributed by atoms with Gasteiger partial charge in [0, 0.05) is 53.1 Å². The molecule has 1 heterocycles. The number of nitrogens with one attached hydrogen (secondary N) is 2. The molecule has 0 spiro atoms. The number of pyridine rings is 1. The number of methoxy groups -OCH3 is 2. The van der Waals surface area contributed by atoms with E-state index in [1.165, 1.54) is 19.2 Å². The summed E-state index contributed by atoms with van der Waals surface area (Å²) in [6.45, 7) is 1.06. The minimum absolute atomic E-state index is 0.339. The Hall–Kier alpha value is -4.00. The Balaban J connectivity index is 1.50. The first-order chi connectivity index (χ1) is 15.6. The molecule has 0 unspecified atom stereocenters. The highest BCUT2D eigenvalue weighted by Crippen LogP contribution is 2.28. The Labute approximate surface area is 186 Å². The molecule has 7 heteroatoms. The molecule has 0 bridgehead atoms. The molecule has 4 N–H and O–H groups in total. The van der Waals surface area contributed by atoms with Crippen LogP contribution >= 0.6 is 0 Å². The normalized spacial score (nSPS) is 10.7. The molecule has 0 aliphatic heterocycles. The topological polar surface area (TPSA) is 81.4 Å². The number of nitrogens with two attached hydrogens (primary N) is 1. The SMILES string of the molecule is COc1ccccc1CNc1ccc2nc(NCc3ccc(F)cc3OC)cc(N)c2c1. The van der Waals surface area contributed by atoms with Crippen molar-refractivity contribution < 1.29 is 13.9 Å². The quantitative estimate of drug-likeness (QED) is 0.355.